The van der Waals surface area contributed by atoms with Gasteiger partial charge in [0.05, 0.1) is 6.07 Å². The summed E-state index contributed by atoms with van der Waals surface area (Å²) in [6, 6.07) is 5.88. The fourth-order valence-corrected chi connectivity index (χ4v) is 1.70. The highest BCUT2D eigenvalue weighted by Gasteiger charge is 2.21. The van der Waals surface area contributed by atoms with Crippen LogP contribution in [0.4, 0.5) is 0 Å². The number of hydrogen-bond acceptors (Lipinski definition) is 3. The van der Waals surface area contributed by atoms with Gasteiger partial charge in [0.25, 0.3) is 0 Å². The lowest BCUT2D eigenvalue weighted by Crippen LogP contribution is -2.14. The fourth-order valence-electron chi connectivity index (χ4n) is 1.70. The molecular weight excluding hydrogens is 200 g/mol. The second-order valence-electron chi connectivity index (χ2n) is 3.92. The number of aromatic nitrogens is 1. The monoisotopic (exact) mass is 216 g/mol. The van der Waals surface area contributed by atoms with Gasteiger partial charge >= 0.3 is 0 Å². The van der Waals surface area contributed by atoms with Gasteiger partial charge in [0, 0.05) is 30.7 Å². The van der Waals surface area contributed by atoms with Crippen LogP contribution in [0.25, 0.3) is 0 Å². The van der Waals surface area contributed by atoms with Gasteiger partial charge in [-0.15, -0.1) is 0 Å². The second-order valence-corrected chi connectivity index (χ2v) is 3.92. The van der Waals surface area contributed by atoms with Crippen LogP contribution in [0.3, 0.4) is 0 Å². The molecule has 3 heteroatoms. The van der Waals surface area contributed by atoms with Crippen molar-refractivity contribution in [3.05, 3.63) is 30.1 Å². The van der Waals surface area contributed by atoms with E-state index in [0.29, 0.717) is 12.8 Å². The van der Waals surface area contributed by atoms with Crippen molar-refractivity contribution >= 4 is 5.78 Å². The van der Waals surface area contributed by atoms with Crippen LogP contribution in [0.5, 0.6) is 0 Å². The van der Waals surface area contributed by atoms with E-state index in [2.05, 4.69) is 11.1 Å². The van der Waals surface area contributed by atoms with Crippen molar-refractivity contribution in [3.8, 4) is 6.07 Å². The number of nitrogens with zero attached hydrogens (tertiary/aromatic N) is 2. The Morgan fingerprint density at radius 2 is 2.12 bits per heavy atom. The molecule has 0 aliphatic heterocycles. The molecule has 1 rings (SSSR count). The molecule has 0 amide bonds. The summed E-state index contributed by atoms with van der Waals surface area (Å²) in [5.41, 5.74) is 0.962. The first kappa shape index (κ1) is 12.4. The summed E-state index contributed by atoms with van der Waals surface area (Å²) in [6.45, 7) is 3.70. The molecule has 1 heterocycles. The van der Waals surface area contributed by atoms with Gasteiger partial charge in [-0.1, -0.05) is 6.92 Å². The maximum atomic E-state index is 11.8. The summed E-state index contributed by atoms with van der Waals surface area (Å²) in [5.74, 6) is -0.0791. The van der Waals surface area contributed by atoms with Crippen LogP contribution < -0.4 is 0 Å². The molecule has 84 valence electrons. The predicted octanol–water partition coefficient (Wildman–Crippen LogP) is 2.69. The van der Waals surface area contributed by atoms with E-state index in [1.165, 1.54) is 0 Å². The maximum Gasteiger partial charge on any atom is 0.140 e. The van der Waals surface area contributed by atoms with Crippen molar-refractivity contribution in [3.63, 3.8) is 0 Å². The number of carbonyl (C=O) groups excluding carboxylic acids is 1. The van der Waals surface area contributed by atoms with Crippen LogP contribution in [0, 0.1) is 17.2 Å². The first-order valence-electron chi connectivity index (χ1n) is 5.51. The summed E-state index contributed by atoms with van der Waals surface area (Å²) in [6.07, 6.45) is 4.46. The molecule has 1 aromatic heterocycles. The lowest BCUT2D eigenvalue weighted by molar-refractivity contribution is -0.120. The Balaban J connectivity index is 2.89. The molecule has 0 N–H and O–H groups in total. The Morgan fingerprint density at radius 1 is 1.50 bits per heavy atom. The average Bonchev–Trinajstić information content (AvgIpc) is 2.35. The summed E-state index contributed by atoms with van der Waals surface area (Å²) in [5, 5.41) is 8.81. The molecule has 0 saturated heterocycles. The number of Topliss-reactive ketones (excluding diaryl/α,β-unsaturated/α-hetero) is 1. The highest BCUT2D eigenvalue weighted by Crippen LogP contribution is 2.25. The standard InChI is InChI=1S/C13H16N2O/c1-3-13(16)12(8-10(2)9-14)11-4-6-15-7-5-11/h4-7,10,12H,3,8H2,1-2H3. The number of hydrogen-bond donors (Lipinski definition) is 0. The van der Waals surface area contributed by atoms with E-state index in [0.717, 1.165) is 5.56 Å². The molecule has 0 aliphatic rings. The summed E-state index contributed by atoms with van der Waals surface area (Å²) in [4.78, 5) is 15.8. The van der Waals surface area contributed by atoms with Crippen molar-refractivity contribution in [2.24, 2.45) is 5.92 Å². The van der Waals surface area contributed by atoms with Gasteiger partial charge in [-0.3, -0.25) is 9.78 Å². The van der Waals surface area contributed by atoms with Crippen LogP contribution in [-0.4, -0.2) is 10.8 Å². The van der Waals surface area contributed by atoms with Crippen molar-refractivity contribution in [2.75, 3.05) is 0 Å². The Hall–Kier alpha value is -1.69. The fraction of sp³-hybridized carbons (Fsp3) is 0.462. The van der Waals surface area contributed by atoms with E-state index in [9.17, 15) is 4.79 Å². The van der Waals surface area contributed by atoms with E-state index in [1.807, 2.05) is 26.0 Å². The number of ketones is 1. The zero-order valence-electron chi connectivity index (χ0n) is 9.68. The third kappa shape index (κ3) is 3.16. The van der Waals surface area contributed by atoms with Gasteiger partial charge < -0.3 is 0 Å². The van der Waals surface area contributed by atoms with E-state index in [-0.39, 0.29) is 17.6 Å². The van der Waals surface area contributed by atoms with E-state index in [4.69, 9.17) is 5.26 Å². The molecule has 0 aromatic carbocycles. The SMILES string of the molecule is CCC(=O)C(CC(C)C#N)c1ccncc1. The summed E-state index contributed by atoms with van der Waals surface area (Å²) in [7, 11) is 0. The molecule has 1 aromatic rings. The van der Waals surface area contributed by atoms with Crippen LogP contribution in [-0.2, 0) is 4.79 Å². The molecule has 16 heavy (non-hydrogen) atoms. The zero-order valence-corrected chi connectivity index (χ0v) is 9.68. The third-order valence-electron chi connectivity index (χ3n) is 2.66. The number of carbonyl (C=O) groups is 1. The Labute approximate surface area is 96.1 Å². The smallest absolute Gasteiger partial charge is 0.140 e. The minimum atomic E-state index is -0.164. The Kier molecular flexibility index (Phi) is 4.65. The maximum absolute atomic E-state index is 11.8. The van der Waals surface area contributed by atoms with Crippen molar-refractivity contribution < 1.29 is 4.79 Å². The van der Waals surface area contributed by atoms with Crippen LogP contribution >= 0.6 is 0 Å². The van der Waals surface area contributed by atoms with Crippen molar-refractivity contribution in [1.29, 1.82) is 5.26 Å². The Morgan fingerprint density at radius 3 is 2.62 bits per heavy atom. The van der Waals surface area contributed by atoms with Crippen molar-refractivity contribution in [2.45, 2.75) is 32.6 Å². The summed E-state index contributed by atoms with van der Waals surface area (Å²) >= 11 is 0. The quantitative estimate of drug-likeness (QED) is 0.760. The minimum absolute atomic E-state index is 0.103. The van der Waals surface area contributed by atoms with Crippen LogP contribution in [0.2, 0.25) is 0 Å². The normalized spacial score (nSPS) is 13.8. The third-order valence-corrected chi connectivity index (χ3v) is 2.66. The number of rotatable bonds is 5. The lowest BCUT2D eigenvalue weighted by atomic mass is 9.86. The topological polar surface area (TPSA) is 53.8 Å². The predicted molar refractivity (Wildman–Crippen MR) is 61.7 cm³/mol. The van der Waals surface area contributed by atoms with Gasteiger partial charge in [-0.25, -0.2) is 0 Å². The molecule has 2 unspecified atom stereocenters. The molecule has 0 saturated carbocycles. The first-order chi connectivity index (χ1) is 7.69. The molecule has 0 spiro atoms. The van der Waals surface area contributed by atoms with Gasteiger partial charge in [-0.2, -0.15) is 5.26 Å². The van der Waals surface area contributed by atoms with E-state index in [1.54, 1.807) is 12.4 Å². The zero-order chi connectivity index (χ0) is 12.0. The molecule has 0 radical (unpaired) electrons. The molecule has 0 fully saturated rings. The number of nitriles is 1. The lowest BCUT2D eigenvalue weighted by Gasteiger charge is -2.16. The molecule has 2 atom stereocenters. The Bertz CT molecular complexity index is 381. The molecular formula is C13H16N2O. The van der Waals surface area contributed by atoms with Gasteiger partial charge in [0.2, 0.25) is 0 Å². The van der Waals surface area contributed by atoms with Crippen LogP contribution in [0.1, 0.15) is 38.2 Å². The highest BCUT2D eigenvalue weighted by molar-refractivity contribution is 5.85. The largest absolute Gasteiger partial charge is 0.299 e. The molecule has 3 nitrogen and oxygen atoms in total. The first-order valence-corrected chi connectivity index (χ1v) is 5.51. The second kappa shape index (κ2) is 6.02. The van der Waals surface area contributed by atoms with Gasteiger partial charge in [0.1, 0.15) is 5.78 Å². The molecule has 0 aliphatic carbocycles. The van der Waals surface area contributed by atoms with E-state index >= 15 is 0 Å². The highest BCUT2D eigenvalue weighted by atomic mass is 16.1. The van der Waals surface area contributed by atoms with Crippen LogP contribution in [0.15, 0.2) is 24.5 Å². The van der Waals surface area contributed by atoms with Crippen molar-refractivity contribution in [1.82, 2.24) is 4.98 Å². The molecule has 0 bridgehead atoms. The summed E-state index contributed by atoms with van der Waals surface area (Å²) < 4.78 is 0. The van der Waals surface area contributed by atoms with Gasteiger partial charge in [-0.05, 0) is 31.0 Å². The number of pyridine rings is 1. The minimum Gasteiger partial charge on any atom is -0.299 e. The average molecular weight is 216 g/mol. The van der Waals surface area contributed by atoms with Gasteiger partial charge in [0.15, 0.2) is 0 Å². The van der Waals surface area contributed by atoms with E-state index < -0.39 is 0 Å².